The van der Waals surface area contributed by atoms with Crippen molar-refractivity contribution < 1.29 is 14.3 Å². The molecule has 0 bridgehead atoms. The lowest BCUT2D eigenvalue weighted by molar-refractivity contribution is -0.113. The van der Waals surface area contributed by atoms with E-state index in [1.165, 1.54) is 11.8 Å². The third-order valence-electron chi connectivity index (χ3n) is 4.73. The van der Waals surface area contributed by atoms with Crippen LogP contribution >= 0.6 is 23.2 Å². The number of methoxy groups -OCH3 is 1. The van der Waals surface area contributed by atoms with Crippen LogP contribution in [0.1, 0.15) is 29.1 Å². The first-order chi connectivity index (χ1) is 14.9. The number of amides is 1. The molecule has 1 amide bonds. The van der Waals surface area contributed by atoms with Crippen molar-refractivity contribution in [1.29, 1.82) is 0 Å². The standard InChI is InChI=1S/C21H17Cl2N5O3/c1-11-16(19(29)25-15-8-6-13(22)7-9-15)17(12-4-3-5-14(23)10-12)28-21(24-11)26-18(27-28)20(30)31-2/h3-10,17H,1-2H3,(H,25,29)(H,24,26,27)/t17-/m0/s1. The molecule has 158 valence electrons. The van der Waals surface area contributed by atoms with Gasteiger partial charge < -0.3 is 15.4 Å². The fraction of sp³-hybridized carbons (Fsp3) is 0.143. The molecule has 31 heavy (non-hydrogen) atoms. The minimum Gasteiger partial charge on any atom is -0.463 e. The Morgan fingerprint density at radius 1 is 1.13 bits per heavy atom. The van der Waals surface area contributed by atoms with Gasteiger partial charge in [0.05, 0.1) is 12.7 Å². The minimum absolute atomic E-state index is 0.121. The van der Waals surface area contributed by atoms with Crippen LogP contribution < -0.4 is 10.6 Å². The van der Waals surface area contributed by atoms with Crippen molar-refractivity contribution in [2.75, 3.05) is 17.7 Å². The van der Waals surface area contributed by atoms with E-state index >= 15 is 0 Å². The van der Waals surface area contributed by atoms with E-state index in [0.29, 0.717) is 38.5 Å². The second-order valence-electron chi connectivity index (χ2n) is 6.78. The van der Waals surface area contributed by atoms with E-state index in [1.807, 2.05) is 6.07 Å². The van der Waals surface area contributed by atoms with E-state index in [2.05, 4.69) is 20.7 Å². The molecule has 0 unspecified atom stereocenters. The Hall–Kier alpha value is -3.36. The highest BCUT2D eigenvalue weighted by Gasteiger charge is 2.35. The lowest BCUT2D eigenvalue weighted by Crippen LogP contribution is -2.31. The van der Waals surface area contributed by atoms with E-state index in [4.69, 9.17) is 27.9 Å². The first-order valence-electron chi connectivity index (χ1n) is 9.22. The Morgan fingerprint density at radius 2 is 1.87 bits per heavy atom. The van der Waals surface area contributed by atoms with Crippen molar-refractivity contribution in [2.45, 2.75) is 13.0 Å². The molecule has 10 heteroatoms. The van der Waals surface area contributed by atoms with Gasteiger partial charge in [-0.25, -0.2) is 9.48 Å². The summed E-state index contributed by atoms with van der Waals surface area (Å²) in [6.07, 6.45) is 0. The molecular weight excluding hydrogens is 441 g/mol. The van der Waals surface area contributed by atoms with Gasteiger partial charge in [-0.1, -0.05) is 35.3 Å². The number of hydrogen-bond donors (Lipinski definition) is 2. The van der Waals surface area contributed by atoms with Crippen molar-refractivity contribution in [3.05, 3.63) is 81.2 Å². The molecule has 2 N–H and O–H groups in total. The van der Waals surface area contributed by atoms with Crippen molar-refractivity contribution in [1.82, 2.24) is 14.8 Å². The summed E-state index contributed by atoms with van der Waals surface area (Å²) < 4.78 is 6.21. The Balaban J connectivity index is 1.80. The lowest BCUT2D eigenvalue weighted by Gasteiger charge is -2.28. The van der Waals surface area contributed by atoms with Crippen molar-refractivity contribution in [2.24, 2.45) is 0 Å². The van der Waals surface area contributed by atoms with Crippen molar-refractivity contribution >= 4 is 46.7 Å². The molecule has 0 saturated heterocycles. The summed E-state index contributed by atoms with van der Waals surface area (Å²) in [6, 6.07) is 13.2. The van der Waals surface area contributed by atoms with Gasteiger partial charge in [0.2, 0.25) is 5.95 Å². The molecule has 2 heterocycles. The number of nitrogens with one attached hydrogen (secondary N) is 2. The maximum atomic E-state index is 13.3. The van der Waals surface area contributed by atoms with Crippen LogP contribution in [0.15, 0.2) is 59.8 Å². The topological polar surface area (TPSA) is 98.1 Å². The number of allylic oxidation sites excluding steroid dienone is 1. The Bertz CT molecular complexity index is 1200. The van der Waals surface area contributed by atoms with E-state index < -0.39 is 12.0 Å². The van der Waals surface area contributed by atoms with Crippen LogP contribution in [0.5, 0.6) is 0 Å². The zero-order chi connectivity index (χ0) is 22.1. The number of ether oxygens (including phenoxy) is 1. The second-order valence-corrected chi connectivity index (χ2v) is 7.65. The average molecular weight is 458 g/mol. The van der Waals surface area contributed by atoms with Gasteiger partial charge in [0.25, 0.3) is 11.7 Å². The second kappa shape index (κ2) is 8.41. The van der Waals surface area contributed by atoms with Crippen molar-refractivity contribution in [3.63, 3.8) is 0 Å². The maximum absolute atomic E-state index is 13.3. The predicted molar refractivity (Wildman–Crippen MR) is 117 cm³/mol. The zero-order valence-corrected chi connectivity index (χ0v) is 18.0. The van der Waals surface area contributed by atoms with Gasteiger partial charge in [-0.3, -0.25) is 4.79 Å². The van der Waals surface area contributed by atoms with E-state index in [1.54, 1.807) is 49.4 Å². The van der Waals surface area contributed by atoms with Crippen molar-refractivity contribution in [3.8, 4) is 0 Å². The minimum atomic E-state index is -0.682. The highest BCUT2D eigenvalue weighted by molar-refractivity contribution is 6.31. The number of aromatic nitrogens is 3. The highest BCUT2D eigenvalue weighted by atomic mass is 35.5. The first kappa shape index (κ1) is 20.9. The van der Waals surface area contributed by atoms with Gasteiger partial charge >= 0.3 is 5.97 Å². The van der Waals surface area contributed by atoms with Gasteiger partial charge in [-0.2, -0.15) is 4.98 Å². The third-order valence-corrected chi connectivity index (χ3v) is 5.22. The molecule has 0 fully saturated rings. The number of anilines is 2. The molecule has 3 aromatic rings. The maximum Gasteiger partial charge on any atom is 0.378 e. The molecule has 1 aliphatic heterocycles. The number of carbonyl (C=O) groups is 2. The molecule has 1 atom stereocenters. The summed E-state index contributed by atoms with van der Waals surface area (Å²) in [4.78, 5) is 29.5. The van der Waals surface area contributed by atoms with Crippen LogP contribution in [0.4, 0.5) is 11.6 Å². The Labute approximate surface area is 187 Å². The molecule has 8 nitrogen and oxygen atoms in total. The number of rotatable bonds is 4. The summed E-state index contributed by atoms with van der Waals surface area (Å²) in [5.74, 6) is -0.841. The summed E-state index contributed by atoms with van der Waals surface area (Å²) in [5, 5.41) is 11.3. The normalized spacial score (nSPS) is 15.2. The molecule has 0 saturated carbocycles. The zero-order valence-electron chi connectivity index (χ0n) is 16.5. The monoisotopic (exact) mass is 457 g/mol. The summed E-state index contributed by atoms with van der Waals surface area (Å²) in [6.45, 7) is 1.75. The summed E-state index contributed by atoms with van der Waals surface area (Å²) in [5.41, 5.74) is 2.25. The van der Waals surface area contributed by atoms with Crippen LogP contribution in [-0.4, -0.2) is 33.8 Å². The van der Waals surface area contributed by atoms with Gasteiger partial charge in [0.15, 0.2) is 0 Å². The van der Waals surface area contributed by atoms with E-state index in [0.717, 1.165) is 0 Å². The Kier molecular flexibility index (Phi) is 5.67. The van der Waals surface area contributed by atoms with Crippen LogP contribution in [-0.2, 0) is 9.53 Å². The quantitative estimate of drug-likeness (QED) is 0.566. The fourth-order valence-electron chi connectivity index (χ4n) is 3.34. The van der Waals surface area contributed by atoms with E-state index in [9.17, 15) is 9.59 Å². The van der Waals surface area contributed by atoms with Crippen LogP contribution in [0.3, 0.4) is 0 Å². The number of nitrogens with zero attached hydrogens (tertiary/aromatic N) is 3. The molecular formula is C21H17Cl2N5O3. The van der Waals surface area contributed by atoms with Gasteiger partial charge in [0, 0.05) is 21.4 Å². The largest absolute Gasteiger partial charge is 0.463 e. The van der Waals surface area contributed by atoms with Gasteiger partial charge in [-0.15, -0.1) is 5.10 Å². The van der Waals surface area contributed by atoms with Crippen LogP contribution in [0.2, 0.25) is 10.0 Å². The lowest BCUT2D eigenvalue weighted by atomic mass is 9.95. The number of hydrogen-bond acceptors (Lipinski definition) is 6. The molecule has 4 rings (SSSR count). The Morgan fingerprint density at radius 3 is 2.55 bits per heavy atom. The number of carbonyl (C=O) groups excluding carboxylic acids is 2. The third kappa shape index (κ3) is 4.12. The van der Waals surface area contributed by atoms with Gasteiger partial charge in [-0.05, 0) is 48.9 Å². The molecule has 1 aliphatic rings. The van der Waals surface area contributed by atoms with Crippen LogP contribution in [0.25, 0.3) is 0 Å². The number of halogens is 2. The van der Waals surface area contributed by atoms with E-state index in [-0.39, 0.29) is 11.7 Å². The molecule has 2 aromatic carbocycles. The first-order valence-corrected chi connectivity index (χ1v) is 9.98. The fourth-order valence-corrected chi connectivity index (χ4v) is 3.66. The smallest absolute Gasteiger partial charge is 0.378 e. The number of esters is 1. The average Bonchev–Trinajstić information content (AvgIpc) is 3.17. The van der Waals surface area contributed by atoms with Gasteiger partial charge in [0.1, 0.15) is 6.04 Å². The molecule has 0 spiro atoms. The highest BCUT2D eigenvalue weighted by Crippen LogP contribution is 2.36. The van der Waals surface area contributed by atoms with Crippen LogP contribution in [0, 0.1) is 0 Å². The summed E-state index contributed by atoms with van der Waals surface area (Å²) in [7, 11) is 1.25. The molecule has 1 aromatic heterocycles. The molecule has 0 radical (unpaired) electrons. The number of benzene rings is 2. The SMILES string of the molecule is COC(=O)c1nc2n(n1)[C@@H](c1cccc(Cl)c1)C(C(=O)Nc1ccc(Cl)cc1)=C(C)N2. The predicted octanol–water partition coefficient (Wildman–Crippen LogP) is 4.30. The molecule has 0 aliphatic carbocycles. The number of fused-ring (bicyclic) bond motifs is 1. The summed E-state index contributed by atoms with van der Waals surface area (Å²) >= 11 is 12.1.